The van der Waals surface area contributed by atoms with E-state index < -0.39 is 5.92 Å². The Morgan fingerprint density at radius 1 is 1.09 bits per heavy atom. The predicted octanol–water partition coefficient (Wildman–Crippen LogP) is 4.13. The number of fused-ring (bicyclic) bond motifs is 1. The van der Waals surface area contributed by atoms with E-state index in [1.165, 1.54) is 31.3 Å². The number of hydrogen-bond donors (Lipinski definition) is 0. The van der Waals surface area contributed by atoms with Crippen LogP contribution in [0.25, 0.3) is 0 Å². The van der Waals surface area contributed by atoms with Gasteiger partial charge in [-0.3, -0.25) is 14.6 Å². The van der Waals surface area contributed by atoms with Crippen molar-refractivity contribution in [2.75, 3.05) is 13.4 Å². The number of carbonyl (C=O) groups excluding carboxylic acids is 2. The minimum Gasteiger partial charge on any atom is -0.399 e. The number of carbonyl (C=O) groups is 2. The van der Waals surface area contributed by atoms with Gasteiger partial charge in [0.15, 0.2) is 16.7 Å². The van der Waals surface area contributed by atoms with Crippen LogP contribution in [0.3, 0.4) is 0 Å². The van der Waals surface area contributed by atoms with Gasteiger partial charge in [-0.2, -0.15) is 0 Å². The van der Waals surface area contributed by atoms with Crippen molar-refractivity contribution in [3.63, 3.8) is 0 Å². The molecule has 0 bridgehead atoms. The maximum atomic E-state index is 13.4. The SMILES string of the molecule is CON=C1CCc2cc(C(CC(=O)c3cnc(SC)nc3)C(=O)c3ccncc3)ccc21. The molecule has 3 aromatic rings. The van der Waals surface area contributed by atoms with E-state index in [9.17, 15) is 9.59 Å². The number of ketones is 2. The molecular weight excluding hydrogens is 424 g/mol. The molecule has 0 radical (unpaired) electrons. The molecule has 1 unspecified atom stereocenters. The summed E-state index contributed by atoms with van der Waals surface area (Å²) in [5, 5.41) is 4.69. The van der Waals surface area contributed by atoms with Gasteiger partial charge in [-0.1, -0.05) is 35.1 Å². The van der Waals surface area contributed by atoms with Gasteiger partial charge in [0.1, 0.15) is 7.11 Å². The first-order valence-corrected chi connectivity index (χ1v) is 11.4. The summed E-state index contributed by atoms with van der Waals surface area (Å²) in [7, 11) is 1.53. The lowest BCUT2D eigenvalue weighted by Crippen LogP contribution is -2.18. The quantitative estimate of drug-likeness (QED) is 0.222. The van der Waals surface area contributed by atoms with Crippen molar-refractivity contribution in [2.24, 2.45) is 5.16 Å². The standard InChI is InChI=1S/C24H22N4O3S/c1-31-28-21-6-4-16-11-17(3-5-19(16)21)20(23(30)15-7-9-25-10-8-15)12-22(29)18-13-26-24(32-2)27-14-18/h3,5,7-11,13-14,20H,4,6,12H2,1-2H3. The van der Waals surface area contributed by atoms with Crippen molar-refractivity contribution in [1.29, 1.82) is 0 Å². The summed E-state index contributed by atoms with van der Waals surface area (Å²) in [6, 6.07) is 9.22. The molecule has 0 N–H and O–H groups in total. The van der Waals surface area contributed by atoms with E-state index in [4.69, 9.17) is 4.84 Å². The number of aromatic nitrogens is 3. The molecule has 1 aromatic carbocycles. The van der Waals surface area contributed by atoms with Crippen LogP contribution < -0.4 is 0 Å². The Morgan fingerprint density at radius 2 is 1.84 bits per heavy atom. The van der Waals surface area contributed by atoms with Crippen molar-refractivity contribution < 1.29 is 14.4 Å². The Bertz CT molecular complexity index is 1160. The third-order valence-electron chi connectivity index (χ3n) is 5.48. The predicted molar refractivity (Wildman–Crippen MR) is 122 cm³/mol. The summed E-state index contributed by atoms with van der Waals surface area (Å²) in [5.74, 6) is -0.919. The van der Waals surface area contributed by atoms with E-state index in [-0.39, 0.29) is 18.0 Å². The van der Waals surface area contributed by atoms with Gasteiger partial charge >= 0.3 is 0 Å². The topological polar surface area (TPSA) is 94.4 Å². The number of hydrogen-bond acceptors (Lipinski definition) is 8. The molecule has 1 aliphatic rings. The first-order chi connectivity index (χ1) is 15.6. The third kappa shape index (κ3) is 4.60. The number of nitrogens with zero attached hydrogens (tertiary/aromatic N) is 4. The summed E-state index contributed by atoms with van der Waals surface area (Å²) in [6.45, 7) is 0. The first-order valence-electron chi connectivity index (χ1n) is 10.2. The second-order valence-corrected chi connectivity index (χ2v) is 8.15. The van der Waals surface area contributed by atoms with E-state index >= 15 is 0 Å². The molecule has 4 rings (SSSR count). The average molecular weight is 447 g/mol. The highest BCUT2D eigenvalue weighted by Crippen LogP contribution is 2.31. The molecule has 2 heterocycles. The fourth-order valence-corrected chi connectivity index (χ4v) is 4.18. The molecule has 0 fully saturated rings. The number of Topliss-reactive ketones (excluding diaryl/α,β-unsaturated/α-hetero) is 2. The lowest BCUT2D eigenvalue weighted by Gasteiger charge is -2.17. The van der Waals surface area contributed by atoms with Gasteiger partial charge in [0.2, 0.25) is 0 Å². The van der Waals surface area contributed by atoms with Crippen LogP contribution in [0.1, 0.15) is 56.2 Å². The Labute approximate surface area is 190 Å². The van der Waals surface area contributed by atoms with Crippen LogP contribution in [-0.2, 0) is 11.3 Å². The Kier molecular flexibility index (Phi) is 6.70. The molecule has 0 spiro atoms. The van der Waals surface area contributed by atoms with E-state index in [2.05, 4.69) is 20.1 Å². The lowest BCUT2D eigenvalue weighted by atomic mass is 9.85. The largest absolute Gasteiger partial charge is 0.399 e. The van der Waals surface area contributed by atoms with Crippen LogP contribution in [0.5, 0.6) is 0 Å². The van der Waals surface area contributed by atoms with E-state index in [0.29, 0.717) is 16.3 Å². The Morgan fingerprint density at radius 3 is 2.53 bits per heavy atom. The van der Waals surface area contributed by atoms with Crippen molar-refractivity contribution in [3.05, 3.63) is 82.9 Å². The molecule has 0 amide bonds. The zero-order valence-corrected chi connectivity index (χ0v) is 18.6. The van der Waals surface area contributed by atoms with Crippen molar-refractivity contribution in [2.45, 2.75) is 30.3 Å². The first kappa shape index (κ1) is 21.8. The normalized spacial score (nSPS) is 14.8. The zero-order chi connectivity index (χ0) is 22.5. The molecule has 8 heteroatoms. The smallest absolute Gasteiger partial charge is 0.187 e. The van der Waals surface area contributed by atoms with Crippen LogP contribution in [0.4, 0.5) is 0 Å². The van der Waals surface area contributed by atoms with Crippen LogP contribution in [0, 0.1) is 0 Å². The van der Waals surface area contributed by atoms with Crippen molar-refractivity contribution >= 4 is 29.0 Å². The zero-order valence-electron chi connectivity index (χ0n) is 17.8. The van der Waals surface area contributed by atoms with Crippen LogP contribution in [0.2, 0.25) is 0 Å². The van der Waals surface area contributed by atoms with Gasteiger partial charge in [-0.25, -0.2) is 9.97 Å². The van der Waals surface area contributed by atoms with E-state index in [1.807, 2.05) is 24.5 Å². The molecule has 32 heavy (non-hydrogen) atoms. The van der Waals surface area contributed by atoms with Gasteiger partial charge in [0.05, 0.1) is 17.2 Å². The molecule has 1 aliphatic carbocycles. The molecule has 1 atom stereocenters. The summed E-state index contributed by atoms with van der Waals surface area (Å²) in [5.41, 5.74) is 4.75. The van der Waals surface area contributed by atoms with Crippen molar-refractivity contribution in [1.82, 2.24) is 15.0 Å². The summed E-state index contributed by atoms with van der Waals surface area (Å²) >= 11 is 1.40. The monoisotopic (exact) mass is 446 g/mol. The highest BCUT2D eigenvalue weighted by molar-refractivity contribution is 7.98. The minimum absolute atomic E-state index is 0.0287. The third-order valence-corrected chi connectivity index (χ3v) is 6.05. The molecule has 7 nitrogen and oxygen atoms in total. The number of benzene rings is 1. The summed E-state index contributed by atoms with van der Waals surface area (Å²) in [4.78, 5) is 43.8. The van der Waals surface area contributed by atoms with Crippen LogP contribution in [0.15, 0.2) is 65.4 Å². The van der Waals surface area contributed by atoms with E-state index in [1.54, 1.807) is 24.5 Å². The molecule has 2 aromatic heterocycles. The van der Waals surface area contributed by atoms with Gasteiger partial charge < -0.3 is 4.84 Å². The fourth-order valence-electron chi connectivity index (χ4n) is 3.86. The van der Waals surface area contributed by atoms with Gasteiger partial charge in [-0.05, 0) is 42.4 Å². The molecular formula is C24H22N4O3S. The molecule has 162 valence electrons. The second-order valence-electron chi connectivity index (χ2n) is 7.38. The second kappa shape index (κ2) is 9.82. The average Bonchev–Trinajstić information content (AvgIpc) is 3.25. The highest BCUT2D eigenvalue weighted by atomic mass is 32.2. The number of pyridine rings is 1. The molecule has 0 saturated carbocycles. The highest BCUT2D eigenvalue weighted by Gasteiger charge is 2.28. The minimum atomic E-state index is -0.626. The van der Waals surface area contributed by atoms with E-state index in [0.717, 1.165) is 35.2 Å². The Balaban J connectivity index is 1.67. The maximum absolute atomic E-state index is 13.4. The Hall–Kier alpha value is -3.39. The number of rotatable bonds is 8. The number of thioether (sulfide) groups is 1. The fraction of sp³-hybridized carbons (Fsp3) is 0.250. The molecule has 0 aliphatic heterocycles. The van der Waals surface area contributed by atoms with Gasteiger partial charge in [0, 0.05) is 42.3 Å². The van der Waals surface area contributed by atoms with Crippen LogP contribution in [-0.4, -0.2) is 45.6 Å². The maximum Gasteiger partial charge on any atom is 0.187 e. The number of aryl methyl sites for hydroxylation is 1. The summed E-state index contributed by atoms with van der Waals surface area (Å²) in [6.07, 6.45) is 9.70. The van der Waals surface area contributed by atoms with Gasteiger partial charge in [-0.15, -0.1) is 0 Å². The molecule has 0 saturated heterocycles. The van der Waals surface area contributed by atoms with Crippen LogP contribution >= 0.6 is 11.8 Å². The lowest BCUT2D eigenvalue weighted by molar-refractivity contribution is 0.0893. The van der Waals surface area contributed by atoms with Crippen molar-refractivity contribution in [3.8, 4) is 0 Å². The number of oxime groups is 1. The van der Waals surface area contributed by atoms with Gasteiger partial charge in [0.25, 0.3) is 0 Å². The summed E-state index contributed by atoms with van der Waals surface area (Å²) < 4.78 is 0.